The number of nitrogens with one attached hydrogen (secondary N) is 1. The SMILES string of the molecule is COCOc1ccccc1-c1cc2cc(C3CN(C(=O)OC(C)(C)C)CC3c3cccnc3)[nH]c2nn1. The minimum absolute atomic E-state index is 0.0201. The summed E-state index contributed by atoms with van der Waals surface area (Å²) in [6.07, 6.45) is 3.32. The van der Waals surface area contributed by atoms with Crippen molar-refractivity contribution < 1.29 is 19.0 Å². The van der Waals surface area contributed by atoms with E-state index in [0.717, 1.165) is 22.2 Å². The Hall–Kier alpha value is -3.98. The Labute approximate surface area is 215 Å². The fourth-order valence-electron chi connectivity index (χ4n) is 4.74. The molecule has 0 aliphatic carbocycles. The van der Waals surface area contributed by atoms with Crippen LogP contribution < -0.4 is 4.74 Å². The maximum absolute atomic E-state index is 12.9. The van der Waals surface area contributed by atoms with Crippen LogP contribution in [0, 0.1) is 0 Å². The van der Waals surface area contributed by atoms with Crippen LogP contribution in [0.1, 0.15) is 43.9 Å². The van der Waals surface area contributed by atoms with Crippen molar-refractivity contribution >= 4 is 17.1 Å². The number of carbonyl (C=O) groups excluding carboxylic acids is 1. The number of aromatic nitrogens is 4. The van der Waals surface area contributed by atoms with Gasteiger partial charge in [0.2, 0.25) is 0 Å². The van der Waals surface area contributed by atoms with Gasteiger partial charge < -0.3 is 24.1 Å². The fraction of sp³-hybridized carbons (Fsp3) is 0.357. The lowest BCUT2D eigenvalue weighted by Gasteiger charge is -2.24. The van der Waals surface area contributed by atoms with E-state index >= 15 is 0 Å². The second-order valence-corrected chi connectivity index (χ2v) is 10.2. The second kappa shape index (κ2) is 10.2. The molecule has 4 aromatic rings. The molecule has 1 amide bonds. The summed E-state index contributed by atoms with van der Waals surface area (Å²) in [4.78, 5) is 22.5. The maximum atomic E-state index is 12.9. The molecule has 0 spiro atoms. The van der Waals surface area contributed by atoms with Crippen LogP contribution in [0.25, 0.3) is 22.3 Å². The van der Waals surface area contributed by atoms with Gasteiger partial charge in [0.05, 0.1) is 5.69 Å². The summed E-state index contributed by atoms with van der Waals surface area (Å²) in [5, 5.41) is 9.84. The van der Waals surface area contributed by atoms with Gasteiger partial charge in [0, 0.05) is 61.1 Å². The molecule has 192 valence electrons. The van der Waals surface area contributed by atoms with Crippen molar-refractivity contribution in [3.63, 3.8) is 0 Å². The van der Waals surface area contributed by atoms with E-state index in [9.17, 15) is 4.79 Å². The Morgan fingerprint density at radius 1 is 1.08 bits per heavy atom. The highest BCUT2D eigenvalue weighted by Crippen LogP contribution is 2.40. The summed E-state index contributed by atoms with van der Waals surface area (Å²) in [5.74, 6) is 0.755. The Morgan fingerprint density at radius 2 is 1.89 bits per heavy atom. The topological polar surface area (TPSA) is 102 Å². The molecule has 2 atom stereocenters. The van der Waals surface area contributed by atoms with Crippen LogP contribution in [0.3, 0.4) is 0 Å². The predicted molar refractivity (Wildman–Crippen MR) is 139 cm³/mol. The van der Waals surface area contributed by atoms with Gasteiger partial charge >= 0.3 is 6.09 Å². The van der Waals surface area contributed by atoms with E-state index in [2.05, 4.69) is 32.3 Å². The highest BCUT2D eigenvalue weighted by Gasteiger charge is 2.39. The first-order chi connectivity index (χ1) is 17.8. The second-order valence-electron chi connectivity index (χ2n) is 10.2. The van der Waals surface area contributed by atoms with Gasteiger partial charge in [0.1, 0.15) is 11.4 Å². The standard InChI is InChI=1S/C28H31N5O4/c1-28(2,3)37-27(34)33-15-21(18-8-7-11-29-14-18)22(16-33)23-12-19-13-24(31-32-26(19)30-23)20-9-5-6-10-25(20)36-17-35-4/h5-14,21-22H,15-17H2,1-4H3,(H,30,32). The molecule has 3 aromatic heterocycles. The van der Waals surface area contributed by atoms with Crippen LogP contribution in [0.15, 0.2) is 60.9 Å². The Kier molecular flexibility index (Phi) is 6.80. The monoisotopic (exact) mass is 501 g/mol. The smallest absolute Gasteiger partial charge is 0.410 e. The summed E-state index contributed by atoms with van der Waals surface area (Å²) in [5.41, 5.74) is 3.74. The Bertz CT molecular complexity index is 1380. The van der Waals surface area contributed by atoms with Crippen LogP contribution in [-0.4, -0.2) is 63.8 Å². The average molecular weight is 502 g/mol. The van der Waals surface area contributed by atoms with Crippen molar-refractivity contribution in [1.29, 1.82) is 0 Å². The molecular weight excluding hydrogens is 470 g/mol. The summed E-state index contributed by atoms with van der Waals surface area (Å²) in [6, 6.07) is 15.7. The van der Waals surface area contributed by atoms with Gasteiger partial charge in [0.25, 0.3) is 0 Å². The van der Waals surface area contributed by atoms with Gasteiger partial charge in [-0.25, -0.2) is 4.79 Å². The van der Waals surface area contributed by atoms with E-state index in [1.807, 2.05) is 63.4 Å². The van der Waals surface area contributed by atoms with Gasteiger partial charge in [-0.3, -0.25) is 4.98 Å². The number of carbonyl (C=O) groups is 1. The van der Waals surface area contributed by atoms with Crippen LogP contribution in [0.2, 0.25) is 0 Å². The van der Waals surface area contributed by atoms with Crippen molar-refractivity contribution in [3.8, 4) is 17.0 Å². The molecule has 0 radical (unpaired) electrons. The van der Waals surface area contributed by atoms with Crippen molar-refractivity contribution in [2.45, 2.75) is 38.2 Å². The molecule has 4 heterocycles. The number of aromatic amines is 1. The van der Waals surface area contributed by atoms with Crippen LogP contribution in [-0.2, 0) is 9.47 Å². The molecule has 0 saturated carbocycles. The molecule has 5 rings (SSSR count). The number of amides is 1. The van der Waals surface area contributed by atoms with Crippen molar-refractivity contribution in [1.82, 2.24) is 25.1 Å². The first-order valence-electron chi connectivity index (χ1n) is 12.3. The zero-order valence-electron chi connectivity index (χ0n) is 21.5. The van der Waals surface area contributed by atoms with Crippen LogP contribution in [0.5, 0.6) is 5.75 Å². The van der Waals surface area contributed by atoms with Gasteiger partial charge in [0.15, 0.2) is 12.4 Å². The van der Waals surface area contributed by atoms with Gasteiger partial charge in [-0.2, -0.15) is 0 Å². The predicted octanol–water partition coefficient (Wildman–Crippen LogP) is 5.12. The van der Waals surface area contributed by atoms with E-state index in [0.29, 0.717) is 30.2 Å². The summed E-state index contributed by atoms with van der Waals surface area (Å²) in [6.45, 7) is 6.85. The number of fused-ring (bicyclic) bond motifs is 1. The molecule has 1 aliphatic rings. The van der Waals surface area contributed by atoms with Gasteiger partial charge in [-0.1, -0.05) is 18.2 Å². The largest absolute Gasteiger partial charge is 0.467 e. The molecule has 2 unspecified atom stereocenters. The molecule has 9 nitrogen and oxygen atoms in total. The Morgan fingerprint density at radius 3 is 2.65 bits per heavy atom. The molecule has 37 heavy (non-hydrogen) atoms. The lowest BCUT2D eigenvalue weighted by Crippen LogP contribution is -2.35. The van der Waals surface area contributed by atoms with E-state index < -0.39 is 5.60 Å². The first kappa shape index (κ1) is 24.7. The number of para-hydroxylation sites is 1. The number of likely N-dealkylation sites (tertiary alicyclic amines) is 1. The molecule has 0 bridgehead atoms. The van der Waals surface area contributed by atoms with Crippen LogP contribution in [0.4, 0.5) is 4.79 Å². The highest BCUT2D eigenvalue weighted by atomic mass is 16.7. The van der Waals surface area contributed by atoms with Crippen molar-refractivity contribution in [2.24, 2.45) is 0 Å². The number of benzene rings is 1. The molecule has 1 saturated heterocycles. The minimum atomic E-state index is -0.560. The molecule has 9 heteroatoms. The third kappa shape index (κ3) is 5.41. The lowest BCUT2D eigenvalue weighted by molar-refractivity contribution is 0.0290. The summed E-state index contributed by atoms with van der Waals surface area (Å²) >= 11 is 0. The summed E-state index contributed by atoms with van der Waals surface area (Å²) in [7, 11) is 1.58. The van der Waals surface area contributed by atoms with Crippen molar-refractivity contribution in [3.05, 3.63) is 72.2 Å². The quantitative estimate of drug-likeness (QED) is 0.366. The number of hydrogen-bond acceptors (Lipinski definition) is 7. The normalized spacial score (nSPS) is 17.8. The molecule has 1 aromatic carbocycles. The van der Waals surface area contributed by atoms with E-state index in [4.69, 9.17) is 14.2 Å². The minimum Gasteiger partial charge on any atom is -0.467 e. The number of ether oxygens (including phenoxy) is 3. The number of rotatable bonds is 6. The van der Waals surface area contributed by atoms with Crippen molar-refractivity contribution in [2.75, 3.05) is 27.0 Å². The Balaban J connectivity index is 1.48. The van der Waals surface area contributed by atoms with E-state index in [-0.39, 0.29) is 24.7 Å². The first-order valence-corrected chi connectivity index (χ1v) is 12.3. The number of H-pyrrole nitrogens is 1. The molecule has 1 N–H and O–H groups in total. The number of hydrogen-bond donors (Lipinski definition) is 1. The third-order valence-corrected chi connectivity index (χ3v) is 6.38. The van der Waals surface area contributed by atoms with E-state index in [1.165, 1.54) is 0 Å². The maximum Gasteiger partial charge on any atom is 0.410 e. The zero-order chi connectivity index (χ0) is 26.0. The highest BCUT2D eigenvalue weighted by molar-refractivity contribution is 5.82. The zero-order valence-corrected chi connectivity index (χ0v) is 21.5. The lowest BCUT2D eigenvalue weighted by atomic mass is 9.87. The molecule has 1 fully saturated rings. The average Bonchev–Trinajstić information content (AvgIpc) is 3.51. The fourth-order valence-corrected chi connectivity index (χ4v) is 4.74. The van der Waals surface area contributed by atoms with E-state index in [1.54, 1.807) is 18.2 Å². The third-order valence-electron chi connectivity index (χ3n) is 6.38. The van der Waals surface area contributed by atoms with Gasteiger partial charge in [-0.05, 0) is 56.7 Å². The number of nitrogens with zero attached hydrogens (tertiary/aromatic N) is 4. The summed E-state index contributed by atoms with van der Waals surface area (Å²) < 4.78 is 16.5. The van der Waals surface area contributed by atoms with Crippen LogP contribution >= 0.6 is 0 Å². The number of pyridine rings is 1. The molecule has 1 aliphatic heterocycles. The number of methoxy groups -OCH3 is 1. The van der Waals surface area contributed by atoms with Gasteiger partial charge in [-0.15, -0.1) is 10.2 Å². The molecular formula is C28H31N5O4.